The summed E-state index contributed by atoms with van der Waals surface area (Å²) in [5, 5.41) is 5.68. The van der Waals surface area contributed by atoms with Gasteiger partial charge in [0.15, 0.2) is 0 Å². The van der Waals surface area contributed by atoms with Gasteiger partial charge in [-0.1, -0.05) is 0 Å². The molecule has 2 heterocycles. The van der Waals surface area contributed by atoms with E-state index in [4.69, 9.17) is 0 Å². The largest absolute Gasteiger partial charge is 0.416 e. The Balaban J connectivity index is 0.00000261. The highest BCUT2D eigenvalue weighted by atomic mass is 35.5. The quantitative estimate of drug-likeness (QED) is 0.793. The predicted molar refractivity (Wildman–Crippen MR) is 98.1 cm³/mol. The minimum Gasteiger partial charge on any atom is -0.339 e. The minimum atomic E-state index is -4.59. The standard InChI is InChI=1S/C18H22F3N3O2.ClH/c1-12(25)23-15-9-13(8-14(10-15)18(19,20)21)16(26)24-6-3-17(4-7-24)2-5-22-11-17;/h8-10,22H,2-7,11H2,1H3,(H,23,25);1H. The maximum absolute atomic E-state index is 13.1. The van der Waals surface area contributed by atoms with Gasteiger partial charge in [-0.3, -0.25) is 9.59 Å². The van der Waals surface area contributed by atoms with Gasteiger partial charge in [-0.05, 0) is 49.4 Å². The van der Waals surface area contributed by atoms with Crippen molar-refractivity contribution in [2.24, 2.45) is 5.41 Å². The summed E-state index contributed by atoms with van der Waals surface area (Å²) in [6.45, 7) is 4.19. The van der Waals surface area contributed by atoms with Gasteiger partial charge in [-0.2, -0.15) is 13.2 Å². The number of amides is 2. The summed E-state index contributed by atoms with van der Waals surface area (Å²) >= 11 is 0. The van der Waals surface area contributed by atoms with E-state index in [9.17, 15) is 22.8 Å². The summed E-state index contributed by atoms with van der Waals surface area (Å²) in [7, 11) is 0. The van der Waals surface area contributed by atoms with E-state index in [0.717, 1.165) is 44.5 Å². The molecule has 0 aliphatic carbocycles. The van der Waals surface area contributed by atoms with Gasteiger partial charge in [0.05, 0.1) is 5.56 Å². The van der Waals surface area contributed by atoms with Gasteiger partial charge in [0, 0.05) is 37.8 Å². The van der Waals surface area contributed by atoms with Gasteiger partial charge >= 0.3 is 6.18 Å². The van der Waals surface area contributed by atoms with Gasteiger partial charge in [-0.25, -0.2) is 0 Å². The first-order chi connectivity index (χ1) is 12.2. The Kier molecular flexibility index (Phi) is 6.42. The Morgan fingerprint density at radius 2 is 1.81 bits per heavy atom. The van der Waals surface area contributed by atoms with Crippen molar-refractivity contribution in [2.45, 2.75) is 32.4 Å². The van der Waals surface area contributed by atoms with E-state index in [1.165, 1.54) is 13.0 Å². The average Bonchev–Trinajstić information content (AvgIpc) is 3.01. The van der Waals surface area contributed by atoms with Crippen LogP contribution in [-0.2, 0) is 11.0 Å². The Bertz CT molecular complexity index is 708. The summed E-state index contributed by atoms with van der Waals surface area (Å²) in [5.41, 5.74) is -0.805. The lowest BCUT2D eigenvalue weighted by Crippen LogP contribution is -2.44. The third-order valence-electron chi connectivity index (χ3n) is 5.27. The van der Waals surface area contributed by atoms with Gasteiger partial charge in [-0.15, -0.1) is 12.4 Å². The molecule has 2 amide bonds. The first-order valence-corrected chi connectivity index (χ1v) is 8.68. The SMILES string of the molecule is CC(=O)Nc1cc(C(=O)N2CCC3(CCNC3)CC2)cc(C(F)(F)F)c1.Cl. The van der Waals surface area contributed by atoms with Crippen LogP contribution in [0.3, 0.4) is 0 Å². The smallest absolute Gasteiger partial charge is 0.339 e. The van der Waals surface area contributed by atoms with E-state index in [0.29, 0.717) is 13.1 Å². The molecule has 5 nitrogen and oxygen atoms in total. The van der Waals surface area contributed by atoms with Crippen molar-refractivity contribution in [2.75, 3.05) is 31.5 Å². The van der Waals surface area contributed by atoms with Crippen molar-refractivity contribution in [3.63, 3.8) is 0 Å². The van der Waals surface area contributed by atoms with Gasteiger partial charge in [0.1, 0.15) is 0 Å². The van der Waals surface area contributed by atoms with Crippen LogP contribution in [0.2, 0.25) is 0 Å². The number of benzene rings is 1. The maximum Gasteiger partial charge on any atom is 0.416 e. The van der Waals surface area contributed by atoms with Crippen molar-refractivity contribution in [1.82, 2.24) is 10.2 Å². The van der Waals surface area contributed by atoms with Crippen LogP contribution in [0.1, 0.15) is 42.1 Å². The number of rotatable bonds is 2. The van der Waals surface area contributed by atoms with Crippen molar-refractivity contribution < 1.29 is 22.8 Å². The van der Waals surface area contributed by atoms with Crippen LogP contribution in [0.25, 0.3) is 0 Å². The molecule has 2 fully saturated rings. The summed E-state index contributed by atoms with van der Waals surface area (Å²) in [5.74, 6) is -0.917. The lowest BCUT2D eigenvalue weighted by Gasteiger charge is -2.39. The molecular formula is C18H23ClF3N3O2. The number of piperidine rings is 1. The zero-order valence-electron chi connectivity index (χ0n) is 15.0. The fourth-order valence-corrected chi connectivity index (χ4v) is 3.78. The number of halogens is 4. The first-order valence-electron chi connectivity index (χ1n) is 8.68. The molecule has 27 heavy (non-hydrogen) atoms. The number of alkyl halides is 3. The van der Waals surface area contributed by atoms with Gasteiger partial charge in [0.25, 0.3) is 5.91 Å². The topological polar surface area (TPSA) is 61.4 Å². The van der Waals surface area contributed by atoms with E-state index in [-0.39, 0.29) is 29.1 Å². The molecule has 2 saturated heterocycles. The molecule has 1 spiro atoms. The van der Waals surface area contributed by atoms with E-state index < -0.39 is 23.6 Å². The third-order valence-corrected chi connectivity index (χ3v) is 5.27. The van der Waals surface area contributed by atoms with E-state index in [1.807, 2.05) is 0 Å². The third kappa shape index (κ3) is 4.93. The summed E-state index contributed by atoms with van der Waals surface area (Å²) in [6.07, 6.45) is -1.82. The van der Waals surface area contributed by atoms with Crippen LogP contribution in [-0.4, -0.2) is 42.9 Å². The number of likely N-dealkylation sites (tertiary alicyclic amines) is 1. The van der Waals surface area contributed by atoms with Crippen LogP contribution in [0.4, 0.5) is 18.9 Å². The van der Waals surface area contributed by atoms with E-state index in [1.54, 1.807) is 4.90 Å². The molecule has 9 heteroatoms. The highest BCUT2D eigenvalue weighted by Crippen LogP contribution is 2.38. The number of carbonyl (C=O) groups excluding carboxylic acids is 2. The van der Waals surface area contributed by atoms with Crippen LogP contribution in [0, 0.1) is 5.41 Å². The van der Waals surface area contributed by atoms with Crippen molar-refractivity contribution in [1.29, 1.82) is 0 Å². The number of hydrogen-bond acceptors (Lipinski definition) is 3. The highest BCUT2D eigenvalue weighted by molar-refractivity contribution is 5.97. The van der Waals surface area contributed by atoms with Crippen LogP contribution < -0.4 is 10.6 Å². The second kappa shape index (κ2) is 8.06. The highest BCUT2D eigenvalue weighted by Gasteiger charge is 2.38. The molecule has 1 aromatic carbocycles. The summed E-state index contributed by atoms with van der Waals surface area (Å²) in [4.78, 5) is 25.6. The second-order valence-corrected chi connectivity index (χ2v) is 7.20. The molecule has 150 valence electrons. The fraction of sp³-hybridized carbons (Fsp3) is 0.556. The molecule has 3 rings (SSSR count). The molecule has 2 aliphatic rings. The lowest BCUT2D eigenvalue weighted by atomic mass is 9.78. The molecule has 0 aromatic heterocycles. The van der Waals surface area contributed by atoms with Gasteiger partial charge < -0.3 is 15.5 Å². The normalized spacial score (nSPS) is 18.9. The average molecular weight is 406 g/mol. The molecule has 0 atom stereocenters. The second-order valence-electron chi connectivity index (χ2n) is 7.20. The lowest BCUT2D eigenvalue weighted by molar-refractivity contribution is -0.137. The molecular weight excluding hydrogens is 383 g/mol. The molecule has 0 bridgehead atoms. The first kappa shape index (κ1) is 21.5. The zero-order valence-corrected chi connectivity index (χ0v) is 15.8. The summed E-state index contributed by atoms with van der Waals surface area (Å²) in [6, 6.07) is 3.00. The minimum absolute atomic E-state index is 0. The van der Waals surface area contributed by atoms with Crippen molar-refractivity contribution in [3.8, 4) is 0 Å². The number of hydrogen-bond donors (Lipinski definition) is 2. The predicted octanol–water partition coefficient (Wildman–Crippen LogP) is 3.30. The molecule has 1 aromatic rings. The Hall–Kier alpha value is -1.80. The summed E-state index contributed by atoms with van der Waals surface area (Å²) < 4.78 is 39.4. The van der Waals surface area contributed by atoms with Crippen LogP contribution in [0.15, 0.2) is 18.2 Å². The molecule has 0 radical (unpaired) electrons. The van der Waals surface area contributed by atoms with Crippen LogP contribution in [0.5, 0.6) is 0 Å². The Morgan fingerprint density at radius 3 is 2.33 bits per heavy atom. The fourth-order valence-electron chi connectivity index (χ4n) is 3.78. The molecule has 0 unspecified atom stereocenters. The van der Waals surface area contributed by atoms with Crippen molar-refractivity contribution >= 4 is 29.9 Å². The monoisotopic (exact) mass is 405 g/mol. The van der Waals surface area contributed by atoms with Crippen LogP contribution >= 0.6 is 12.4 Å². The Labute approximate surface area is 162 Å². The maximum atomic E-state index is 13.1. The van der Waals surface area contributed by atoms with Gasteiger partial charge in [0.2, 0.25) is 5.91 Å². The van der Waals surface area contributed by atoms with E-state index in [2.05, 4.69) is 10.6 Å². The zero-order chi connectivity index (χ0) is 18.9. The Morgan fingerprint density at radius 1 is 1.15 bits per heavy atom. The number of anilines is 1. The van der Waals surface area contributed by atoms with E-state index >= 15 is 0 Å². The number of carbonyl (C=O) groups is 2. The number of nitrogens with zero attached hydrogens (tertiary/aromatic N) is 1. The number of nitrogens with one attached hydrogen (secondary N) is 2. The molecule has 2 aliphatic heterocycles. The molecule has 0 saturated carbocycles. The molecule has 2 N–H and O–H groups in total. The van der Waals surface area contributed by atoms with Crippen molar-refractivity contribution in [3.05, 3.63) is 29.3 Å².